The Morgan fingerprint density at radius 3 is 1.53 bits per heavy atom. The number of fused-ring (bicyclic) bond motifs is 9. The molecule has 3 heterocycles. The van der Waals surface area contributed by atoms with Crippen LogP contribution in [0.1, 0.15) is 11.1 Å². The molecule has 55 heavy (non-hydrogen) atoms. The summed E-state index contributed by atoms with van der Waals surface area (Å²) >= 11 is 1.85. The molecule has 0 N–H and O–H groups in total. The van der Waals surface area contributed by atoms with E-state index >= 15 is 0 Å². The average molecular weight is 717 g/mol. The molecule has 4 nitrogen and oxygen atoms in total. The van der Waals surface area contributed by atoms with Gasteiger partial charge < -0.3 is 9.13 Å². The van der Waals surface area contributed by atoms with Gasteiger partial charge in [-0.1, -0.05) is 84.9 Å². The van der Waals surface area contributed by atoms with E-state index in [0.29, 0.717) is 11.1 Å². The van der Waals surface area contributed by atoms with Crippen molar-refractivity contribution in [2.75, 3.05) is 0 Å². The number of nitrogens with zero attached hydrogens (tertiary/aromatic N) is 4. The van der Waals surface area contributed by atoms with Crippen LogP contribution in [0.25, 0.3) is 97.4 Å². The first-order valence-electron chi connectivity index (χ1n) is 18.2. The summed E-state index contributed by atoms with van der Waals surface area (Å²) in [6.07, 6.45) is 0. The number of hydrogen-bond acceptors (Lipinski definition) is 3. The maximum atomic E-state index is 9.69. The highest BCUT2D eigenvalue weighted by molar-refractivity contribution is 7.25. The Balaban J connectivity index is 1.07. The van der Waals surface area contributed by atoms with E-state index in [-0.39, 0.29) is 0 Å². The van der Waals surface area contributed by atoms with Gasteiger partial charge in [-0.25, -0.2) is 0 Å². The fourth-order valence-corrected chi connectivity index (χ4v) is 9.64. The molecule has 0 aliphatic carbocycles. The van der Waals surface area contributed by atoms with Crippen LogP contribution in [-0.2, 0) is 0 Å². The van der Waals surface area contributed by atoms with Crippen molar-refractivity contribution in [3.63, 3.8) is 0 Å². The first-order chi connectivity index (χ1) is 27.2. The SMILES string of the molecule is N#Cc1ccc2c(c1)c1cc(C#N)ccc1n2-c1cccc(-c2ccccc2-c2cccc(-n3c4ccccc4c4cc5c(cc43)sc3ccccc35)c2)c1. The van der Waals surface area contributed by atoms with E-state index in [1.807, 2.05) is 47.7 Å². The minimum atomic E-state index is 0.591. The number of rotatable bonds is 4. The van der Waals surface area contributed by atoms with Crippen LogP contribution in [0, 0.1) is 22.7 Å². The summed E-state index contributed by atoms with van der Waals surface area (Å²) < 4.78 is 7.25. The van der Waals surface area contributed by atoms with Gasteiger partial charge in [-0.3, -0.25) is 0 Å². The Hall–Kier alpha value is -7.44. The van der Waals surface area contributed by atoms with Crippen molar-refractivity contribution in [1.29, 1.82) is 10.5 Å². The Kier molecular flexibility index (Phi) is 6.82. The van der Waals surface area contributed by atoms with Crippen molar-refractivity contribution in [3.05, 3.63) is 181 Å². The zero-order valence-electron chi connectivity index (χ0n) is 29.4. The van der Waals surface area contributed by atoms with Crippen LogP contribution in [0.3, 0.4) is 0 Å². The van der Waals surface area contributed by atoms with E-state index in [0.717, 1.165) is 55.4 Å². The zero-order valence-corrected chi connectivity index (χ0v) is 30.2. The minimum absolute atomic E-state index is 0.591. The molecule has 0 spiro atoms. The molecular weight excluding hydrogens is 689 g/mol. The molecule has 0 fully saturated rings. The topological polar surface area (TPSA) is 57.4 Å². The second kappa shape index (κ2) is 12.0. The third-order valence-corrected chi connectivity index (χ3v) is 12.1. The molecule has 0 radical (unpaired) electrons. The molecular formula is C50H28N4S. The zero-order chi connectivity index (χ0) is 36.6. The Bertz CT molecular complexity index is 3400. The van der Waals surface area contributed by atoms with E-state index in [1.54, 1.807) is 0 Å². The summed E-state index contributed by atoms with van der Waals surface area (Å²) in [7, 11) is 0. The summed E-state index contributed by atoms with van der Waals surface area (Å²) in [4.78, 5) is 0. The number of benzene rings is 8. The summed E-state index contributed by atoms with van der Waals surface area (Å²) in [6, 6.07) is 64.5. The van der Waals surface area contributed by atoms with E-state index in [4.69, 9.17) is 0 Å². The van der Waals surface area contributed by atoms with Crippen LogP contribution >= 0.6 is 11.3 Å². The van der Waals surface area contributed by atoms with Gasteiger partial charge in [0.05, 0.1) is 45.3 Å². The van der Waals surface area contributed by atoms with E-state index < -0.39 is 0 Å². The van der Waals surface area contributed by atoms with Crippen molar-refractivity contribution in [2.45, 2.75) is 0 Å². The highest BCUT2D eigenvalue weighted by atomic mass is 32.1. The predicted molar refractivity (Wildman–Crippen MR) is 228 cm³/mol. The molecule has 0 aliphatic rings. The average Bonchev–Trinajstić information content (AvgIpc) is 3.89. The van der Waals surface area contributed by atoms with Crippen molar-refractivity contribution >= 4 is 75.1 Å². The Labute approximate surface area is 320 Å². The predicted octanol–water partition coefficient (Wildman–Crippen LogP) is 13.3. The Morgan fingerprint density at radius 2 is 0.891 bits per heavy atom. The third kappa shape index (κ3) is 4.75. The van der Waals surface area contributed by atoms with Crippen LogP contribution in [0.4, 0.5) is 0 Å². The molecule has 11 aromatic rings. The summed E-state index contributed by atoms with van der Waals surface area (Å²) in [5.74, 6) is 0. The van der Waals surface area contributed by atoms with E-state index in [1.165, 1.54) is 42.0 Å². The van der Waals surface area contributed by atoms with Crippen LogP contribution in [0.2, 0.25) is 0 Å². The monoisotopic (exact) mass is 716 g/mol. The largest absolute Gasteiger partial charge is 0.309 e. The number of aromatic nitrogens is 2. The molecule has 254 valence electrons. The lowest BCUT2D eigenvalue weighted by Gasteiger charge is -2.15. The smallest absolute Gasteiger partial charge is 0.0991 e. The summed E-state index contributed by atoms with van der Waals surface area (Å²) in [6.45, 7) is 0. The second-order valence-electron chi connectivity index (χ2n) is 14.0. The normalized spacial score (nSPS) is 11.6. The lowest BCUT2D eigenvalue weighted by molar-refractivity contribution is 1.18. The van der Waals surface area contributed by atoms with Crippen molar-refractivity contribution < 1.29 is 0 Å². The fraction of sp³-hybridized carbons (Fsp3) is 0. The number of thiophene rings is 1. The quantitative estimate of drug-likeness (QED) is 0.182. The van der Waals surface area contributed by atoms with Crippen LogP contribution in [0.15, 0.2) is 170 Å². The molecule has 3 aromatic heterocycles. The van der Waals surface area contributed by atoms with Gasteiger partial charge >= 0.3 is 0 Å². The van der Waals surface area contributed by atoms with Gasteiger partial charge in [0.15, 0.2) is 0 Å². The Morgan fingerprint density at radius 1 is 0.364 bits per heavy atom. The molecule has 0 atom stereocenters. The first-order valence-corrected chi connectivity index (χ1v) is 19.0. The van der Waals surface area contributed by atoms with Gasteiger partial charge in [0.1, 0.15) is 0 Å². The van der Waals surface area contributed by atoms with Gasteiger partial charge in [-0.2, -0.15) is 10.5 Å². The highest BCUT2D eigenvalue weighted by Gasteiger charge is 2.18. The molecule has 5 heteroatoms. The lowest BCUT2D eigenvalue weighted by atomic mass is 9.94. The molecule has 0 unspecified atom stereocenters. The van der Waals surface area contributed by atoms with Gasteiger partial charge in [0, 0.05) is 53.1 Å². The number of para-hydroxylation sites is 1. The molecule has 0 aliphatic heterocycles. The van der Waals surface area contributed by atoms with Crippen LogP contribution in [0.5, 0.6) is 0 Å². The van der Waals surface area contributed by atoms with Gasteiger partial charge in [-0.15, -0.1) is 11.3 Å². The first kappa shape index (κ1) is 31.1. The molecule has 0 saturated heterocycles. The maximum Gasteiger partial charge on any atom is 0.0991 e. The molecule has 0 saturated carbocycles. The molecule has 0 bridgehead atoms. The van der Waals surface area contributed by atoms with Gasteiger partial charge in [0.25, 0.3) is 0 Å². The van der Waals surface area contributed by atoms with Crippen molar-refractivity contribution in [1.82, 2.24) is 9.13 Å². The van der Waals surface area contributed by atoms with Crippen LogP contribution < -0.4 is 0 Å². The summed E-state index contributed by atoms with van der Waals surface area (Å²) in [5.41, 5.74) is 12.2. The maximum absolute atomic E-state index is 9.69. The minimum Gasteiger partial charge on any atom is -0.309 e. The van der Waals surface area contributed by atoms with Gasteiger partial charge in [0.2, 0.25) is 0 Å². The van der Waals surface area contributed by atoms with Crippen LogP contribution in [-0.4, -0.2) is 9.13 Å². The van der Waals surface area contributed by atoms with E-state index in [9.17, 15) is 10.5 Å². The molecule has 0 amide bonds. The highest BCUT2D eigenvalue weighted by Crippen LogP contribution is 2.42. The van der Waals surface area contributed by atoms with Crippen molar-refractivity contribution in [2.24, 2.45) is 0 Å². The fourth-order valence-electron chi connectivity index (χ4n) is 8.52. The number of hydrogen-bond donors (Lipinski definition) is 0. The molecule has 11 rings (SSSR count). The molecule has 8 aromatic carbocycles. The van der Waals surface area contributed by atoms with Gasteiger partial charge in [-0.05, 0) is 107 Å². The van der Waals surface area contributed by atoms with E-state index in [2.05, 4.69) is 155 Å². The second-order valence-corrected chi connectivity index (χ2v) is 15.1. The third-order valence-electron chi connectivity index (χ3n) is 11.0. The lowest BCUT2D eigenvalue weighted by Crippen LogP contribution is -1.96. The number of nitriles is 2. The summed E-state index contributed by atoms with van der Waals surface area (Å²) in [5, 5.41) is 26.4. The standard InChI is InChI=1S/C50H28N4S/c51-29-31-19-21-46-41(23-31)42-24-32(30-52)20-22-47(42)53(46)35-11-7-9-33(25-35)37-13-1-2-14-38(37)34-10-8-12-36(26-34)54-45-17-5-3-15-39(45)43-27-44-40-16-4-6-18-49(40)55-50(44)28-48(43)54/h1-28H. The van der Waals surface area contributed by atoms with Crippen molar-refractivity contribution in [3.8, 4) is 45.8 Å².